The predicted octanol–water partition coefficient (Wildman–Crippen LogP) is 2.10. The number of nitrogens with one attached hydrogen (secondary N) is 1. The summed E-state index contributed by atoms with van der Waals surface area (Å²) in [4.78, 5) is 0. The van der Waals surface area contributed by atoms with Crippen molar-refractivity contribution in [2.75, 3.05) is 30.8 Å². The third-order valence-electron chi connectivity index (χ3n) is 3.13. The molecule has 0 aliphatic carbocycles. The Balaban J connectivity index is 2.10. The molecule has 0 amide bonds. The van der Waals surface area contributed by atoms with Crippen LogP contribution >= 0.6 is 0 Å². The first-order valence-electron chi connectivity index (χ1n) is 5.89. The van der Waals surface area contributed by atoms with Gasteiger partial charge in [0, 0.05) is 13.2 Å². The Morgan fingerprint density at radius 1 is 1.41 bits per heavy atom. The van der Waals surface area contributed by atoms with E-state index in [0.717, 1.165) is 31.7 Å². The van der Waals surface area contributed by atoms with Gasteiger partial charge in [-0.1, -0.05) is 6.07 Å². The van der Waals surface area contributed by atoms with Crippen molar-refractivity contribution in [1.82, 2.24) is 0 Å². The number of nitriles is 1. The Bertz CT molecular complexity index is 419. The number of nitrogens with two attached hydrogens (primary N) is 1. The zero-order valence-corrected chi connectivity index (χ0v) is 9.78. The molecule has 1 aliphatic rings. The Morgan fingerprint density at radius 2 is 2.18 bits per heavy atom. The van der Waals surface area contributed by atoms with Crippen LogP contribution in [-0.4, -0.2) is 19.8 Å². The number of hydrogen-bond acceptors (Lipinski definition) is 4. The summed E-state index contributed by atoms with van der Waals surface area (Å²) < 4.78 is 5.35. The monoisotopic (exact) mass is 231 g/mol. The van der Waals surface area contributed by atoms with E-state index >= 15 is 0 Å². The molecule has 0 unspecified atom stereocenters. The molecule has 2 rings (SSSR count). The number of anilines is 2. The number of hydrogen-bond donors (Lipinski definition) is 2. The molecule has 0 spiro atoms. The number of nitrogens with zero attached hydrogens (tertiary/aromatic N) is 1. The zero-order valence-electron chi connectivity index (χ0n) is 9.78. The minimum atomic E-state index is 0.279. The topological polar surface area (TPSA) is 71.1 Å². The molecule has 1 aliphatic heterocycles. The van der Waals surface area contributed by atoms with Crippen LogP contribution in [0.15, 0.2) is 18.2 Å². The van der Waals surface area contributed by atoms with Crippen molar-refractivity contribution in [3.05, 3.63) is 23.8 Å². The van der Waals surface area contributed by atoms with Crippen molar-refractivity contribution in [3.63, 3.8) is 0 Å². The van der Waals surface area contributed by atoms with Gasteiger partial charge in [0.1, 0.15) is 6.54 Å². The van der Waals surface area contributed by atoms with Gasteiger partial charge < -0.3 is 15.8 Å². The maximum Gasteiger partial charge on any atom is 0.103 e. The van der Waals surface area contributed by atoms with Gasteiger partial charge in [-0.05, 0) is 36.5 Å². The molecule has 1 aromatic rings. The quantitative estimate of drug-likeness (QED) is 0.617. The highest BCUT2D eigenvalue weighted by Crippen LogP contribution is 2.30. The number of rotatable bonds is 3. The smallest absolute Gasteiger partial charge is 0.103 e. The first-order valence-corrected chi connectivity index (χ1v) is 5.89. The molecule has 1 saturated heterocycles. The largest absolute Gasteiger partial charge is 0.397 e. The zero-order chi connectivity index (χ0) is 12.1. The summed E-state index contributed by atoms with van der Waals surface area (Å²) in [6, 6.07) is 8.09. The molecule has 90 valence electrons. The van der Waals surface area contributed by atoms with Crippen LogP contribution < -0.4 is 11.1 Å². The minimum absolute atomic E-state index is 0.279. The van der Waals surface area contributed by atoms with Crippen LogP contribution in [0.25, 0.3) is 0 Å². The lowest BCUT2D eigenvalue weighted by Crippen LogP contribution is -2.14. The molecule has 0 aromatic heterocycles. The highest BCUT2D eigenvalue weighted by molar-refractivity contribution is 5.67. The van der Waals surface area contributed by atoms with E-state index in [9.17, 15) is 0 Å². The van der Waals surface area contributed by atoms with Crippen LogP contribution in [0.2, 0.25) is 0 Å². The lowest BCUT2D eigenvalue weighted by atomic mass is 9.91. The molecule has 1 heterocycles. The maximum absolute atomic E-state index is 8.51. The van der Waals surface area contributed by atoms with Crippen LogP contribution in [0.4, 0.5) is 11.4 Å². The third-order valence-corrected chi connectivity index (χ3v) is 3.13. The van der Waals surface area contributed by atoms with Gasteiger partial charge in [-0.25, -0.2) is 0 Å². The van der Waals surface area contributed by atoms with E-state index in [1.165, 1.54) is 5.56 Å². The molecule has 0 bridgehead atoms. The third kappa shape index (κ3) is 2.89. The molecule has 4 nitrogen and oxygen atoms in total. The van der Waals surface area contributed by atoms with Crippen LogP contribution in [0.5, 0.6) is 0 Å². The molecule has 0 atom stereocenters. The molecular formula is C13H17N3O. The lowest BCUT2D eigenvalue weighted by molar-refractivity contribution is 0.0853. The number of ether oxygens (including phenoxy) is 1. The highest BCUT2D eigenvalue weighted by Gasteiger charge is 2.16. The number of benzene rings is 1. The fourth-order valence-corrected chi connectivity index (χ4v) is 2.16. The van der Waals surface area contributed by atoms with Crippen molar-refractivity contribution in [3.8, 4) is 6.07 Å². The second-order valence-electron chi connectivity index (χ2n) is 4.25. The van der Waals surface area contributed by atoms with Crippen LogP contribution in [0.1, 0.15) is 24.3 Å². The summed E-state index contributed by atoms with van der Waals surface area (Å²) in [5.41, 5.74) is 8.79. The van der Waals surface area contributed by atoms with Gasteiger partial charge in [-0.3, -0.25) is 0 Å². The van der Waals surface area contributed by atoms with Crippen molar-refractivity contribution in [2.24, 2.45) is 0 Å². The van der Waals surface area contributed by atoms with Crippen molar-refractivity contribution in [2.45, 2.75) is 18.8 Å². The average Bonchev–Trinajstić information content (AvgIpc) is 2.38. The van der Waals surface area contributed by atoms with E-state index in [2.05, 4.69) is 11.4 Å². The van der Waals surface area contributed by atoms with Crippen molar-refractivity contribution < 1.29 is 4.74 Å². The Morgan fingerprint density at radius 3 is 2.82 bits per heavy atom. The van der Waals surface area contributed by atoms with Crippen LogP contribution in [0, 0.1) is 11.3 Å². The van der Waals surface area contributed by atoms with Gasteiger partial charge in [-0.15, -0.1) is 0 Å². The summed E-state index contributed by atoms with van der Waals surface area (Å²) in [5, 5.41) is 11.5. The summed E-state index contributed by atoms with van der Waals surface area (Å²) in [6.45, 7) is 1.94. The molecule has 0 radical (unpaired) electrons. The van der Waals surface area contributed by atoms with E-state index in [1.54, 1.807) is 0 Å². The highest BCUT2D eigenvalue weighted by atomic mass is 16.5. The van der Waals surface area contributed by atoms with Gasteiger partial charge in [0.05, 0.1) is 17.4 Å². The summed E-state index contributed by atoms with van der Waals surface area (Å²) in [5.74, 6) is 0.552. The van der Waals surface area contributed by atoms with Gasteiger partial charge in [-0.2, -0.15) is 5.26 Å². The van der Waals surface area contributed by atoms with Gasteiger partial charge in [0.15, 0.2) is 0 Å². The lowest BCUT2D eigenvalue weighted by Gasteiger charge is -2.23. The van der Waals surface area contributed by atoms with E-state index in [-0.39, 0.29) is 6.54 Å². The molecule has 17 heavy (non-hydrogen) atoms. The molecule has 0 saturated carbocycles. The normalized spacial score (nSPS) is 16.4. The molecule has 3 N–H and O–H groups in total. The summed E-state index contributed by atoms with van der Waals surface area (Å²) in [6.07, 6.45) is 2.12. The standard InChI is InChI=1S/C13H17N3O/c14-5-6-16-13-2-1-11(9-12(13)15)10-3-7-17-8-4-10/h1-2,9-10,16H,3-4,6-8,15H2. The Labute approximate surface area is 101 Å². The predicted molar refractivity (Wildman–Crippen MR) is 67.8 cm³/mol. The number of nitrogen functional groups attached to an aromatic ring is 1. The fraction of sp³-hybridized carbons (Fsp3) is 0.462. The van der Waals surface area contributed by atoms with E-state index < -0.39 is 0 Å². The van der Waals surface area contributed by atoms with Crippen molar-refractivity contribution >= 4 is 11.4 Å². The fourth-order valence-electron chi connectivity index (χ4n) is 2.16. The van der Waals surface area contributed by atoms with E-state index in [4.69, 9.17) is 15.7 Å². The van der Waals surface area contributed by atoms with Crippen molar-refractivity contribution in [1.29, 1.82) is 5.26 Å². The average molecular weight is 231 g/mol. The molecular weight excluding hydrogens is 214 g/mol. The minimum Gasteiger partial charge on any atom is -0.397 e. The second-order valence-corrected chi connectivity index (χ2v) is 4.25. The van der Waals surface area contributed by atoms with Crippen LogP contribution in [0.3, 0.4) is 0 Å². The summed E-state index contributed by atoms with van der Waals surface area (Å²) >= 11 is 0. The Kier molecular flexibility index (Phi) is 3.84. The van der Waals surface area contributed by atoms with E-state index in [0.29, 0.717) is 11.6 Å². The molecule has 1 fully saturated rings. The van der Waals surface area contributed by atoms with Gasteiger partial charge in [0.25, 0.3) is 0 Å². The molecule has 1 aromatic carbocycles. The van der Waals surface area contributed by atoms with Gasteiger partial charge in [0.2, 0.25) is 0 Å². The van der Waals surface area contributed by atoms with E-state index in [1.807, 2.05) is 18.2 Å². The SMILES string of the molecule is N#CCNc1ccc(C2CCOCC2)cc1N. The second kappa shape index (κ2) is 5.55. The first kappa shape index (κ1) is 11.7. The summed E-state index contributed by atoms with van der Waals surface area (Å²) in [7, 11) is 0. The van der Waals surface area contributed by atoms with Gasteiger partial charge >= 0.3 is 0 Å². The maximum atomic E-state index is 8.51. The first-order chi connectivity index (χ1) is 8.31. The van der Waals surface area contributed by atoms with Crippen LogP contribution in [-0.2, 0) is 4.74 Å². The Hall–Kier alpha value is -1.73. The molecule has 4 heteroatoms.